The number of pyridine rings is 1. The molecule has 3 heteroatoms. The molecule has 0 atom stereocenters. The Balaban J connectivity index is 2.11. The fourth-order valence-corrected chi connectivity index (χ4v) is 2.12. The van der Waals surface area contributed by atoms with Crippen LogP contribution in [0.3, 0.4) is 0 Å². The highest BCUT2D eigenvalue weighted by molar-refractivity contribution is 6.14. The van der Waals surface area contributed by atoms with E-state index >= 15 is 0 Å². The molecule has 94 valence electrons. The fraction of sp³-hybridized carbons (Fsp3) is 0.125. The van der Waals surface area contributed by atoms with Crippen molar-refractivity contribution in [3.05, 3.63) is 65.7 Å². The summed E-state index contributed by atoms with van der Waals surface area (Å²) in [6.07, 6.45) is 2.50. The molecule has 2 heterocycles. The number of ketones is 1. The quantitative estimate of drug-likeness (QED) is 0.668. The van der Waals surface area contributed by atoms with E-state index in [1.807, 2.05) is 37.3 Å². The highest BCUT2D eigenvalue weighted by atomic mass is 16.3. The monoisotopic (exact) mass is 251 g/mol. The van der Waals surface area contributed by atoms with E-state index in [2.05, 4.69) is 4.98 Å². The fourth-order valence-electron chi connectivity index (χ4n) is 2.12. The van der Waals surface area contributed by atoms with Crippen LogP contribution in [0.25, 0.3) is 10.9 Å². The Morgan fingerprint density at radius 2 is 2.05 bits per heavy atom. The molecule has 2 aromatic heterocycles. The van der Waals surface area contributed by atoms with Gasteiger partial charge in [0, 0.05) is 23.6 Å². The van der Waals surface area contributed by atoms with Gasteiger partial charge in [-0.3, -0.25) is 9.78 Å². The Bertz CT molecular complexity index is 738. The van der Waals surface area contributed by atoms with Crippen molar-refractivity contribution < 1.29 is 9.21 Å². The van der Waals surface area contributed by atoms with Gasteiger partial charge in [0.15, 0.2) is 5.76 Å². The van der Waals surface area contributed by atoms with Gasteiger partial charge in [-0.2, -0.15) is 0 Å². The van der Waals surface area contributed by atoms with Crippen molar-refractivity contribution in [2.24, 2.45) is 0 Å². The van der Waals surface area contributed by atoms with Gasteiger partial charge in [0.25, 0.3) is 0 Å². The number of fused-ring (bicyclic) bond motifs is 1. The average Bonchev–Trinajstić information content (AvgIpc) is 2.95. The van der Waals surface area contributed by atoms with Gasteiger partial charge >= 0.3 is 0 Å². The van der Waals surface area contributed by atoms with Crippen molar-refractivity contribution in [2.45, 2.75) is 13.3 Å². The molecule has 0 aliphatic carbocycles. The van der Waals surface area contributed by atoms with Crippen LogP contribution in [0.1, 0.15) is 28.8 Å². The third-order valence-electron chi connectivity index (χ3n) is 3.12. The van der Waals surface area contributed by atoms with Gasteiger partial charge < -0.3 is 4.42 Å². The predicted octanol–water partition coefficient (Wildman–Crippen LogP) is 3.62. The molecule has 19 heavy (non-hydrogen) atoms. The lowest BCUT2D eigenvalue weighted by Gasteiger charge is -2.03. The van der Waals surface area contributed by atoms with E-state index in [0.717, 1.165) is 23.1 Å². The summed E-state index contributed by atoms with van der Waals surface area (Å²) in [5, 5.41) is 0.851. The van der Waals surface area contributed by atoms with E-state index in [1.165, 1.54) is 0 Å². The lowest BCUT2D eigenvalue weighted by Crippen LogP contribution is -2.00. The molecule has 1 aromatic carbocycles. The predicted molar refractivity (Wildman–Crippen MR) is 73.3 cm³/mol. The number of carbonyl (C=O) groups excluding carboxylic acids is 1. The Labute approximate surface area is 110 Å². The van der Waals surface area contributed by atoms with Gasteiger partial charge in [0.1, 0.15) is 5.76 Å². The van der Waals surface area contributed by atoms with Crippen molar-refractivity contribution in [2.75, 3.05) is 0 Å². The minimum atomic E-state index is -0.0988. The van der Waals surface area contributed by atoms with Gasteiger partial charge in [0.05, 0.1) is 5.52 Å². The second kappa shape index (κ2) is 4.69. The number of furan rings is 1. The van der Waals surface area contributed by atoms with Crippen LogP contribution >= 0.6 is 0 Å². The highest BCUT2D eigenvalue weighted by Crippen LogP contribution is 2.21. The molecular formula is C16H13NO2. The van der Waals surface area contributed by atoms with Gasteiger partial charge in [-0.15, -0.1) is 0 Å². The maximum Gasteiger partial charge on any atom is 0.228 e. The molecule has 0 saturated heterocycles. The number of hydrogen-bond donors (Lipinski definition) is 0. The van der Waals surface area contributed by atoms with E-state index in [4.69, 9.17) is 4.42 Å². The molecular weight excluding hydrogens is 238 g/mol. The van der Waals surface area contributed by atoms with Crippen LogP contribution in [0.15, 0.2) is 53.1 Å². The van der Waals surface area contributed by atoms with E-state index in [9.17, 15) is 4.79 Å². The molecule has 0 spiro atoms. The van der Waals surface area contributed by atoms with E-state index in [1.54, 1.807) is 18.3 Å². The zero-order chi connectivity index (χ0) is 13.2. The summed E-state index contributed by atoms with van der Waals surface area (Å²) < 4.78 is 5.53. The third kappa shape index (κ3) is 2.03. The number of rotatable bonds is 3. The number of aryl methyl sites for hydroxylation is 1. The smallest absolute Gasteiger partial charge is 0.228 e. The summed E-state index contributed by atoms with van der Waals surface area (Å²) in [6.45, 7) is 1.99. The van der Waals surface area contributed by atoms with E-state index in [0.29, 0.717) is 11.3 Å². The van der Waals surface area contributed by atoms with Gasteiger partial charge in [-0.25, -0.2) is 0 Å². The SMILES string of the molecule is CCc1ccc(C(=O)c2cccc3ncccc23)o1. The molecule has 0 unspecified atom stereocenters. The van der Waals surface area contributed by atoms with E-state index in [-0.39, 0.29) is 5.78 Å². The summed E-state index contributed by atoms with van der Waals surface area (Å²) in [6, 6.07) is 12.9. The van der Waals surface area contributed by atoms with Crippen molar-refractivity contribution in [3.63, 3.8) is 0 Å². The first-order valence-corrected chi connectivity index (χ1v) is 6.26. The van der Waals surface area contributed by atoms with Crippen LogP contribution < -0.4 is 0 Å². The van der Waals surface area contributed by atoms with Crippen LogP contribution in [0.4, 0.5) is 0 Å². The molecule has 0 fully saturated rings. The zero-order valence-corrected chi connectivity index (χ0v) is 10.6. The molecule has 3 aromatic rings. The number of aromatic nitrogens is 1. The molecule has 0 amide bonds. The summed E-state index contributed by atoms with van der Waals surface area (Å²) in [5.74, 6) is 1.10. The Morgan fingerprint density at radius 3 is 2.84 bits per heavy atom. The Hall–Kier alpha value is -2.42. The highest BCUT2D eigenvalue weighted by Gasteiger charge is 2.16. The van der Waals surface area contributed by atoms with Gasteiger partial charge in [-0.05, 0) is 24.3 Å². The van der Waals surface area contributed by atoms with E-state index < -0.39 is 0 Å². The number of carbonyl (C=O) groups is 1. The summed E-state index contributed by atoms with van der Waals surface area (Å²) in [7, 11) is 0. The van der Waals surface area contributed by atoms with Crippen LogP contribution in [-0.2, 0) is 6.42 Å². The molecule has 0 bridgehead atoms. The molecule has 0 N–H and O–H groups in total. The second-order valence-electron chi connectivity index (χ2n) is 4.32. The van der Waals surface area contributed by atoms with Crippen molar-refractivity contribution >= 4 is 16.7 Å². The molecule has 0 aliphatic heterocycles. The molecule has 3 rings (SSSR count). The first kappa shape index (κ1) is 11.7. The van der Waals surface area contributed by atoms with Crippen LogP contribution in [0, 0.1) is 0 Å². The van der Waals surface area contributed by atoms with Crippen LogP contribution in [0.2, 0.25) is 0 Å². The van der Waals surface area contributed by atoms with Gasteiger partial charge in [0.2, 0.25) is 5.78 Å². The molecule has 0 aliphatic rings. The topological polar surface area (TPSA) is 43.1 Å². The standard InChI is InChI=1S/C16H13NO2/c1-2-11-8-9-15(19-11)16(18)13-5-3-7-14-12(13)6-4-10-17-14/h3-10H,2H2,1H3. The first-order chi connectivity index (χ1) is 9.29. The van der Waals surface area contributed by atoms with Gasteiger partial charge in [-0.1, -0.05) is 25.1 Å². The second-order valence-corrected chi connectivity index (χ2v) is 4.32. The number of benzene rings is 1. The molecule has 0 radical (unpaired) electrons. The minimum absolute atomic E-state index is 0.0988. The maximum absolute atomic E-state index is 12.5. The molecule has 0 saturated carbocycles. The maximum atomic E-state index is 12.5. The Kier molecular flexibility index (Phi) is 2.88. The summed E-state index contributed by atoms with van der Waals surface area (Å²) >= 11 is 0. The zero-order valence-electron chi connectivity index (χ0n) is 10.6. The lowest BCUT2D eigenvalue weighted by molar-refractivity contribution is 0.101. The van der Waals surface area contributed by atoms with Crippen LogP contribution in [-0.4, -0.2) is 10.8 Å². The normalized spacial score (nSPS) is 10.8. The summed E-state index contributed by atoms with van der Waals surface area (Å²) in [4.78, 5) is 16.7. The first-order valence-electron chi connectivity index (χ1n) is 6.26. The van der Waals surface area contributed by atoms with Crippen molar-refractivity contribution in [3.8, 4) is 0 Å². The van der Waals surface area contributed by atoms with Crippen molar-refractivity contribution in [1.29, 1.82) is 0 Å². The largest absolute Gasteiger partial charge is 0.458 e. The number of nitrogens with zero attached hydrogens (tertiary/aromatic N) is 1. The Morgan fingerprint density at radius 1 is 1.16 bits per heavy atom. The minimum Gasteiger partial charge on any atom is -0.458 e. The van der Waals surface area contributed by atoms with Crippen molar-refractivity contribution in [1.82, 2.24) is 4.98 Å². The average molecular weight is 251 g/mol. The summed E-state index contributed by atoms with van der Waals surface area (Å²) in [5.41, 5.74) is 1.44. The molecule has 3 nitrogen and oxygen atoms in total. The third-order valence-corrected chi connectivity index (χ3v) is 3.12. The van der Waals surface area contributed by atoms with Crippen LogP contribution in [0.5, 0.6) is 0 Å². The lowest BCUT2D eigenvalue weighted by atomic mass is 10.0. The number of hydrogen-bond acceptors (Lipinski definition) is 3.